The molecule has 0 aromatic heterocycles. The first kappa shape index (κ1) is 32.7. The maximum Gasteiger partial charge on any atom is 0.332 e. The third-order valence-electron chi connectivity index (χ3n) is 7.29. The van der Waals surface area contributed by atoms with Gasteiger partial charge in [0.25, 0.3) is 0 Å². The highest BCUT2D eigenvalue weighted by Gasteiger charge is 2.38. The molecule has 2 aliphatic carbocycles. The molecule has 1 amide bonds. The highest BCUT2D eigenvalue weighted by molar-refractivity contribution is 6.23. The lowest BCUT2D eigenvalue weighted by Crippen LogP contribution is -2.37. The predicted molar refractivity (Wildman–Crippen MR) is 150 cm³/mol. The molecule has 0 aliphatic heterocycles. The molecule has 2 atom stereocenters. The maximum absolute atomic E-state index is 12.6. The molecule has 10 heteroatoms. The molecule has 2 aliphatic rings. The van der Waals surface area contributed by atoms with E-state index in [2.05, 4.69) is 10.6 Å². The van der Waals surface area contributed by atoms with Crippen LogP contribution in [0.2, 0.25) is 0 Å². The number of nitrogens with one attached hydrogen (secondary N) is 2. The van der Waals surface area contributed by atoms with Crippen molar-refractivity contribution < 1.29 is 33.9 Å². The molecule has 0 bridgehead atoms. The predicted octanol–water partition coefficient (Wildman–Crippen LogP) is 3.05. The van der Waals surface area contributed by atoms with E-state index < -0.39 is 34.8 Å². The molecule has 0 heterocycles. The Morgan fingerprint density at radius 2 is 1.02 bits per heavy atom. The summed E-state index contributed by atoms with van der Waals surface area (Å²) in [7, 11) is 0. The SMILES string of the molecule is CC(NC(C)CC(C(N)=O)=C(CC(C)NC(C)=C1C(=O)CC(C)(C)CC1=O)C(=O)O)=C1C(=O)CC(C)(C)CC1=O. The molecular weight excluding hydrogens is 514 g/mol. The van der Waals surface area contributed by atoms with Crippen molar-refractivity contribution in [1.29, 1.82) is 0 Å². The van der Waals surface area contributed by atoms with Crippen LogP contribution in [0.4, 0.5) is 0 Å². The van der Waals surface area contributed by atoms with Crippen LogP contribution in [0.15, 0.2) is 33.7 Å². The highest BCUT2D eigenvalue weighted by Crippen LogP contribution is 2.35. The zero-order chi connectivity index (χ0) is 30.7. The van der Waals surface area contributed by atoms with Crippen LogP contribution >= 0.6 is 0 Å². The van der Waals surface area contributed by atoms with Crippen LogP contribution in [-0.4, -0.2) is 52.2 Å². The second-order valence-corrected chi connectivity index (χ2v) is 12.9. The molecule has 2 unspecified atom stereocenters. The zero-order valence-electron chi connectivity index (χ0n) is 24.9. The van der Waals surface area contributed by atoms with E-state index in [9.17, 15) is 33.9 Å². The summed E-state index contributed by atoms with van der Waals surface area (Å²) in [5.74, 6) is -3.23. The molecule has 0 aromatic rings. The smallest absolute Gasteiger partial charge is 0.332 e. The summed E-state index contributed by atoms with van der Waals surface area (Å²) in [5, 5.41) is 16.1. The van der Waals surface area contributed by atoms with Crippen LogP contribution in [0.5, 0.6) is 0 Å². The normalized spacial score (nSPS) is 20.9. The first-order valence-corrected chi connectivity index (χ1v) is 13.6. The van der Waals surface area contributed by atoms with Crippen molar-refractivity contribution in [3.8, 4) is 0 Å². The molecule has 2 fully saturated rings. The van der Waals surface area contributed by atoms with Gasteiger partial charge in [0.2, 0.25) is 5.91 Å². The van der Waals surface area contributed by atoms with Gasteiger partial charge in [-0.2, -0.15) is 0 Å². The first-order valence-electron chi connectivity index (χ1n) is 13.6. The average molecular weight is 558 g/mol. The van der Waals surface area contributed by atoms with Crippen molar-refractivity contribution in [3.63, 3.8) is 0 Å². The van der Waals surface area contributed by atoms with Crippen molar-refractivity contribution in [2.45, 2.75) is 106 Å². The number of carbonyl (C=O) groups excluding carboxylic acids is 5. The second kappa shape index (κ2) is 12.3. The summed E-state index contributed by atoms with van der Waals surface area (Å²) in [6.07, 6.45) is 0.796. The third kappa shape index (κ3) is 8.22. The van der Waals surface area contributed by atoms with Crippen LogP contribution in [0.3, 0.4) is 0 Å². The number of nitrogens with two attached hydrogens (primary N) is 1. The Hall–Kier alpha value is -3.56. The van der Waals surface area contributed by atoms with E-state index in [1.807, 2.05) is 27.7 Å². The van der Waals surface area contributed by atoms with E-state index in [0.717, 1.165) is 0 Å². The van der Waals surface area contributed by atoms with Crippen LogP contribution in [0.25, 0.3) is 0 Å². The summed E-state index contributed by atoms with van der Waals surface area (Å²) in [4.78, 5) is 75.1. The van der Waals surface area contributed by atoms with Crippen molar-refractivity contribution in [1.82, 2.24) is 10.6 Å². The van der Waals surface area contributed by atoms with E-state index in [1.165, 1.54) is 0 Å². The van der Waals surface area contributed by atoms with E-state index in [4.69, 9.17) is 5.73 Å². The van der Waals surface area contributed by atoms with Crippen LogP contribution in [0, 0.1) is 10.8 Å². The quantitative estimate of drug-likeness (QED) is 0.233. The molecule has 220 valence electrons. The second-order valence-electron chi connectivity index (χ2n) is 12.9. The summed E-state index contributed by atoms with van der Waals surface area (Å²) >= 11 is 0. The van der Waals surface area contributed by atoms with Gasteiger partial charge in [0.1, 0.15) is 0 Å². The van der Waals surface area contributed by atoms with E-state index in [1.54, 1.807) is 27.7 Å². The zero-order valence-corrected chi connectivity index (χ0v) is 24.9. The Bertz CT molecular complexity index is 1100. The van der Waals surface area contributed by atoms with Gasteiger partial charge < -0.3 is 21.5 Å². The fourth-order valence-electron chi connectivity index (χ4n) is 5.67. The molecular formula is C30H43N3O7. The van der Waals surface area contributed by atoms with Crippen LogP contribution < -0.4 is 16.4 Å². The number of Topliss-reactive ketones (excluding diaryl/α,β-unsaturated/α-hetero) is 4. The number of carboxylic acids is 1. The van der Waals surface area contributed by atoms with Gasteiger partial charge >= 0.3 is 5.97 Å². The average Bonchev–Trinajstić information content (AvgIpc) is 2.72. The molecule has 2 rings (SSSR count). The summed E-state index contributed by atoms with van der Waals surface area (Å²) in [5.41, 5.74) is 5.43. The molecule has 0 spiro atoms. The lowest BCUT2D eigenvalue weighted by Gasteiger charge is -2.30. The van der Waals surface area contributed by atoms with Crippen molar-refractivity contribution >= 4 is 35.0 Å². The maximum atomic E-state index is 12.6. The minimum absolute atomic E-state index is 0.0612. The number of carbonyl (C=O) groups is 6. The summed E-state index contributed by atoms with van der Waals surface area (Å²) < 4.78 is 0. The van der Waals surface area contributed by atoms with Gasteiger partial charge in [-0.05, 0) is 51.4 Å². The number of hydrogen-bond acceptors (Lipinski definition) is 8. The minimum atomic E-state index is -1.32. The molecule has 0 aromatic carbocycles. The molecule has 2 saturated carbocycles. The van der Waals surface area contributed by atoms with Crippen molar-refractivity contribution in [3.05, 3.63) is 33.7 Å². The summed E-state index contributed by atoms with van der Waals surface area (Å²) in [6.45, 7) is 14.1. The number of aliphatic carboxylic acids is 1. The number of carboxylic acid groups (broad SMARTS) is 1. The van der Waals surface area contributed by atoms with Gasteiger partial charge in [0.15, 0.2) is 23.1 Å². The topological polar surface area (TPSA) is 173 Å². The number of rotatable bonds is 10. The van der Waals surface area contributed by atoms with Crippen LogP contribution in [0.1, 0.15) is 93.9 Å². The number of allylic oxidation sites excluding steroid dienone is 4. The fraction of sp³-hybridized carbons (Fsp3) is 0.600. The molecule has 40 heavy (non-hydrogen) atoms. The number of primary amides is 1. The van der Waals surface area contributed by atoms with Crippen LogP contribution in [-0.2, 0) is 28.8 Å². The Morgan fingerprint density at radius 1 is 0.725 bits per heavy atom. The Morgan fingerprint density at radius 3 is 1.30 bits per heavy atom. The molecule has 10 nitrogen and oxygen atoms in total. The summed E-state index contributed by atoms with van der Waals surface area (Å²) in [6, 6.07) is -1.07. The Kier molecular flexibility index (Phi) is 10.0. The lowest BCUT2D eigenvalue weighted by atomic mass is 9.73. The fourth-order valence-corrected chi connectivity index (χ4v) is 5.67. The van der Waals surface area contributed by atoms with E-state index in [-0.39, 0.29) is 84.0 Å². The van der Waals surface area contributed by atoms with E-state index in [0.29, 0.717) is 11.4 Å². The van der Waals surface area contributed by atoms with Gasteiger partial charge in [-0.3, -0.25) is 24.0 Å². The van der Waals surface area contributed by atoms with Gasteiger partial charge in [0, 0.05) is 60.3 Å². The third-order valence-corrected chi connectivity index (χ3v) is 7.29. The van der Waals surface area contributed by atoms with Crippen molar-refractivity contribution in [2.24, 2.45) is 16.6 Å². The standard InChI is InChI=1S/C30H43N3O7/c1-15(32-17(3)25-21(34)11-29(5,6)12-22(25)35)9-19(27(31)38)20(28(39)40)10-16(2)33-18(4)26-23(36)13-30(7,8)14-24(26)37/h15-16,32-33H,9-14H2,1-8H3,(H2,31,38)(H,39,40). The molecule has 0 saturated heterocycles. The largest absolute Gasteiger partial charge is 0.478 e. The van der Waals surface area contributed by atoms with Gasteiger partial charge in [-0.25, -0.2) is 4.79 Å². The van der Waals surface area contributed by atoms with Gasteiger partial charge in [-0.15, -0.1) is 0 Å². The van der Waals surface area contributed by atoms with E-state index >= 15 is 0 Å². The highest BCUT2D eigenvalue weighted by atomic mass is 16.4. The Balaban J connectivity index is 2.26. The lowest BCUT2D eigenvalue weighted by molar-refractivity contribution is -0.133. The van der Waals surface area contributed by atoms with Gasteiger partial charge in [-0.1, -0.05) is 27.7 Å². The minimum Gasteiger partial charge on any atom is -0.478 e. The van der Waals surface area contributed by atoms with Gasteiger partial charge in [0.05, 0.1) is 11.1 Å². The van der Waals surface area contributed by atoms with Crippen molar-refractivity contribution in [2.75, 3.05) is 0 Å². The Labute approximate surface area is 235 Å². The monoisotopic (exact) mass is 557 g/mol. The molecule has 0 radical (unpaired) electrons. The molecule has 5 N–H and O–H groups in total. The number of amides is 1. The first-order chi connectivity index (χ1) is 18.2. The number of hydrogen-bond donors (Lipinski definition) is 4. The number of ketones is 4.